The molecule has 2 aliphatic heterocycles. The molecule has 0 unspecified atom stereocenters. The zero-order valence-corrected chi connectivity index (χ0v) is 46.4. The first kappa shape index (κ1) is 56.9. The normalized spacial score (nSPS) is 25.9. The number of benzene rings is 1. The standard InChI is InChI=1S/C59H100BrN3O2S2/c1-51-50-65-45-44-63(51)58(64)55-48-59(66-46-47-67-59)43-37-35-33-31-29-27-25-23-21-19-17-15-13-11-9-7-5-3-2-4-6-8-10-12-14-16-18-20-22-24-26-28-30-32-34-36-38-54(55)57-61-49-56(62-57)52-39-41-53(60)42-40-52/h39-42,49,51,54-55H,2-38,43-48,50H2,1H3,(H,61,62)/t51-,54-,55-/m1/s1. The number of hydrogen-bond acceptors (Lipinski definition) is 5. The topological polar surface area (TPSA) is 58.2 Å². The van der Waals surface area contributed by atoms with Crippen molar-refractivity contribution in [3.05, 3.63) is 40.8 Å². The Hall–Kier alpha value is -0.960. The summed E-state index contributed by atoms with van der Waals surface area (Å²) in [5.41, 5.74) is 2.19. The van der Waals surface area contributed by atoms with Crippen LogP contribution in [0.3, 0.4) is 0 Å². The van der Waals surface area contributed by atoms with Gasteiger partial charge in [0.2, 0.25) is 5.91 Å². The molecular weight excluding hydrogens is 927 g/mol. The third-order valence-corrected chi connectivity index (χ3v) is 19.8. The molecule has 1 spiro atoms. The van der Waals surface area contributed by atoms with E-state index < -0.39 is 0 Å². The fraction of sp³-hybridized carbons (Fsp3) is 0.831. The molecule has 67 heavy (non-hydrogen) atoms. The van der Waals surface area contributed by atoms with Crippen LogP contribution in [0.1, 0.15) is 269 Å². The monoisotopic (exact) mass is 1030 g/mol. The fourth-order valence-electron chi connectivity index (χ4n) is 11.5. The van der Waals surface area contributed by atoms with Crippen molar-refractivity contribution in [1.82, 2.24) is 14.9 Å². The Morgan fingerprint density at radius 2 is 1.01 bits per heavy atom. The summed E-state index contributed by atoms with van der Waals surface area (Å²) >= 11 is 7.97. The molecule has 3 fully saturated rings. The average molecular weight is 1030 g/mol. The van der Waals surface area contributed by atoms with E-state index in [1.165, 1.54) is 243 Å². The van der Waals surface area contributed by atoms with Crippen LogP contribution in [0.25, 0.3) is 11.3 Å². The first-order chi connectivity index (χ1) is 33.0. The highest BCUT2D eigenvalue weighted by Gasteiger charge is 2.45. The van der Waals surface area contributed by atoms with E-state index in [2.05, 4.69) is 80.5 Å². The molecule has 382 valence electrons. The largest absolute Gasteiger partial charge is 0.377 e. The number of amides is 1. The first-order valence-electron chi connectivity index (χ1n) is 29.0. The second-order valence-corrected chi connectivity index (χ2v) is 25.6. The maximum Gasteiger partial charge on any atom is 0.226 e. The molecule has 8 heteroatoms. The number of hydrogen-bond donors (Lipinski definition) is 1. The zero-order chi connectivity index (χ0) is 46.9. The number of ether oxygens (including phenoxy) is 1. The quantitative estimate of drug-likeness (QED) is 0.332. The average Bonchev–Trinajstić information content (AvgIpc) is 4.03. The number of imidazole rings is 1. The van der Waals surface area contributed by atoms with Gasteiger partial charge in [-0.05, 0) is 43.9 Å². The Morgan fingerprint density at radius 1 is 0.612 bits per heavy atom. The van der Waals surface area contributed by atoms with E-state index in [1.807, 2.05) is 6.20 Å². The minimum absolute atomic E-state index is 0.0691. The van der Waals surface area contributed by atoms with E-state index in [9.17, 15) is 0 Å². The van der Waals surface area contributed by atoms with Crippen LogP contribution < -0.4 is 0 Å². The molecule has 5 rings (SSSR count). The lowest BCUT2D eigenvalue weighted by molar-refractivity contribution is -0.144. The molecule has 1 saturated carbocycles. The second kappa shape index (κ2) is 36.0. The van der Waals surface area contributed by atoms with Crippen molar-refractivity contribution in [2.24, 2.45) is 5.92 Å². The van der Waals surface area contributed by atoms with Crippen molar-refractivity contribution >= 4 is 45.4 Å². The lowest BCUT2D eigenvalue weighted by Gasteiger charge is -2.40. The van der Waals surface area contributed by atoms with Crippen LogP contribution >= 0.6 is 39.5 Å². The number of H-pyrrole nitrogens is 1. The van der Waals surface area contributed by atoms with Gasteiger partial charge in [-0.2, -0.15) is 0 Å². The van der Waals surface area contributed by atoms with Crippen LogP contribution in [0.5, 0.6) is 0 Å². The van der Waals surface area contributed by atoms with Gasteiger partial charge in [0.1, 0.15) is 5.82 Å². The summed E-state index contributed by atoms with van der Waals surface area (Å²) in [4.78, 5) is 26.3. The van der Waals surface area contributed by atoms with E-state index in [1.54, 1.807) is 0 Å². The summed E-state index contributed by atoms with van der Waals surface area (Å²) in [5, 5.41) is 0. The predicted octanol–water partition coefficient (Wildman–Crippen LogP) is 19.2. The van der Waals surface area contributed by atoms with E-state index >= 15 is 4.79 Å². The molecule has 1 aromatic carbocycles. The molecule has 1 aromatic heterocycles. The molecule has 2 saturated heterocycles. The van der Waals surface area contributed by atoms with E-state index in [0.717, 1.165) is 40.8 Å². The number of halogens is 1. The number of morpholine rings is 1. The van der Waals surface area contributed by atoms with Gasteiger partial charge in [-0.15, -0.1) is 23.5 Å². The third-order valence-electron chi connectivity index (χ3n) is 15.7. The molecule has 3 aliphatic rings. The molecular formula is C59H100BrN3O2S2. The summed E-state index contributed by atoms with van der Waals surface area (Å²) in [6.07, 6.45) is 56.0. The lowest BCUT2D eigenvalue weighted by Crippen LogP contribution is -2.51. The molecule has 0 bridgehead atoms. The molecule has 3 heterocycles. The summed E-state index contributed by atoms with van der Waals surface area (Å²) in [6.45, 7) is 4.15. The number of carbonyl (C=O) groups excluding carboxylic acids is 1. The van der Waals surface area contributed by atoms with E-state index in [0.29, 0.717) is 25.7 Å². The minimum atomic E-state index is -0.100. The summed E-state index contributed by atoms with van der Waals surface area (Å²) < 4.78 is 7.07. The molecule has 3 atom stereocenters. The number of carbonyl (C=O) groups is 1. The van der Waals surface area contributed by atoms with Gasteiger partial charge in [-0.25, -0.2) is 4.98 Å². The Balaban J connectivity index is 1.17. The maximum absolute atomic E-state index is 15.2. The van der Waals surface area contributed by atoms with Crippen LogP contribution in [-0.4, -0.2) is 62.2 Å². The number of rotatable bonds is 3. The number of thioether (sulfide) groups is 2. The van der Waals surface area contributed by atoms with Gasteiger partial charge in [-0.3, -0.25) is 4.79 Å². The summed E-state index contributed by atoms with van der Waals surface area (Å²) in [5.74, 6) is 3.71. The third kappa shape index (κ3) is 23.4. The van der Waals surface area contributed by atoms with Crippen molar-refractivity contribution < 1.29 is 9.53 Å². The van der Waals surface area contributed by atoms with Crippen molar-refractivity contribution in [3.8, 4) is 11.3 Å². The summed E-state index contributed by atoms with van der Waals surface area (Å²) in [6, 6.07) is 8.63. The number of aromatic amines is 1. The second-order valence-electron chi connectivity index (χ2n) is 21.4. The Kier molecular flexibility index (Phi) is 30.6. The van der Waals surface area contributed by atoms with Crippen molar-refractivity contribution in [3.63, 3.8) is 0 Å². The van der Waals surface area contributed by atoms with Gasteiger partial charge in [0, 0.05) is 28.4 Å². The molecule has 1 N–H and O–H groups in total. The first-order valence-corrected chi connectivity index (χ1v) is 31.8. The number of nitrogens with one attached hydrogen (secondary N) is 1. The van der Waals surface area contributed by atoms with Crippen LogP contribution in [0, 0.1) is 5.92 Å². The lowest BCUT2D eigenvalue weighted by atomic mass is 9.81. The highest BCUT2D eigenvalue weighted by atomic mass is 79.9. The van der Waals surface area contributed by atoms with Crippen molar-refractivity contribution in [2.75, 3.05) is 31.3 Å². The van der Waals surface area contributed by atoms with Gasteiger partial charge >= 0.3 is 0 Å². The van der Waals surface area contributed by atoms with Crippen LogP contribution in [-0.2, 0) is 9.53 Å². The molecule has 5 nitrogen and oxygen atoms in total. The predicted molar refractivity (Wildman–Crippen MR) is 298 cm³/mol. The number of aromatic nitrogens is 2. The zero-order valence-electron chi connectivity index (χ0n) is 43.1. The SMILES string of the molecule is C[C@@H]1COCCN1C(=O)[C@@H]1CC2(CCCCCCCCCCCCCCCCCCCCCCCCCCCCCCCCCCCCCC[C@H]1c1ncc(-c3ccc(Br)cc3)[nH]1)SCCS2. The highest BCUT2D eigenvalue weighted by molar-refractivity contribution is 9.10. The van der Waals surface area contributed by atoms with Crippen molar-refractivity contribution in [1.29, 1.82) is 0 Å². The van der Waals surface area contributed by atoms with Crippen LogP contribution in [0.2, 0.25) is 0 Å². The van der Waals surface area contributed by atoms with Gasteiger partial charge in [0.05, 0.1) is 41.1 Å². The van der Waals surface area contributed by atoms with Gasteiger partial charge in [0.15, 0.2) is 0 Å². The Bertz CT molecular complexity index is 1510. The smallest absolute Gasteiger partial charge is 0.226 e. The van der Waals surface area contributed by atoms with E-state index in [-0.39, 0.29) is 22.0 Å². The van der Waals surface area contributed by atoms with Gasteiger partial charge in [0.25, 0.3) is 0 Å². The summed E-state index contributed by atoms with van der Waals surface area (Å²) in [7, 11) is 0. The Morgan fingerprint density at radius 3 is 1.43 bits per heavy atom. The fourth-order valence-corrected chi connectivity index (χ4v) is 15.1. The van der Waals surface area contributed by atoms with Crippen molar-refractivity contribution in [2.45, 2.75) is 273 Å². The number of nitrogens with zero attached hydrogens (tertiary/aromatic N) is 2. The maximum atomic E-state index is 15.2. The molecule has 1 amide bonds. The molecule has 0 radical (unpaired) electrons. The van der Waals surface area contributed by atoms with Gasteiger partial charge < -0.3 is 14.6 Å². The highest BCUT2D eigenvalue weighted by Crippen LogP contribution is 2.53. The van der Waals surface area contributed by atoms with Gasteiger partial charge in [-0.1, -0.05) is 259 Å². The Labute approximate surface area is 429 Å². The van der Waals surface area contributed by atoms with Crippen LogP contribution in [0.15, 0.2) is 34.9 Å². The molecule has 2 aromatic rings. The molecule has 1 aliphatic carbocycles. The van der Waals surface area contributed by atoms with E-state index in [4.69, 9.17) is 9.72 Å². The minimum Gasteiger partial charge on any atom is -0.377 e. The van der Waals surface area contributed by atoms with Crippen LogP contribution in [0.4, 0.5) is 0 Å².